The quantitative estimate of drug-likeness (QED) is 0.662. The number of carbonyl (C=O) groups is 1. The molecule has 0 aliphatic carbocycles. The number of aromatic nitrogens is 2. The van der Waals surface area contributed by atoms with Gasteiger partial charge in [-0.25, -0.2) is 8.78 Å². The van der Waals surface area contributed by atoms with Gasteiger partial charge >= 0.3 is 0 Å². The fourth-order valence-electron chi connectivity index (χ4n) is 3.45. The molecule has 0 radical (unpaired) electrons. The molecule has 0 bridgehead atoms. The largest absolute Gasteiger partial charge is 0.497 e. The van der Waals surface area contributed by atoms with Crippen molar-refractivity contribution in [3.05, 3.63) is 65.6 Å². The topological polar surface area (TPSA) is 68.5 Å². The molecule has 1 fully saturated rings. The van der Waals surface area contributed by atoms with Crippen LogP contribution in [0.3, 0.4) is 0 Å². The Morgan fingerprint density at radius 2 is 1.76 bits per heavy atom. The predicted molar refractivity (Wildman–Crippen MR) is 101 cm³/mol. The van der Waals surface area contributed by atoms with Crippen LogP contribution in [0.1, 0.15) is 35.0 Å². The minimum Gasteiger partial charge on any atom is -0.497 e. The number of benzene rings is 2. The van der Waals surface area contributed by atoms with E-state index in [0.29, 0.717) is 37.6 Å². The summed E-state index contributed by atoms with van der Waals surface area (Å²) in [5, 5.41) is 4.04. The molecule has 0 spiro atoms. The molecule has 0 saturated carbocycles. The lowest BCUT2D eigenvalue weighted by Crippen LogP contribution is -2.38. The van der Waals surface area contributed by atoms with Gasteiger partial charge in [-0.1, -0.05) is 11.2 Å². The third-order valence-corrected chi connectivity index (χ3v) is 5.10. The van der Waals surface area contributed by atoms with Crippen molar-refractivity contribution in [3.8, 4) is 17.1 Å². The van der Waals surface area contributed by atoms with Crippen molar-refractivity contribution in [2.75, 3.05) is 20.2 Å². The van der Waals surface area contributed by atoms with Gasteiger partial charge in [0.05, 0.1) is 7.11 Å². The molecule has 2 aromatic carbocycles. The number of hydrogen-bond acceptors (Lipinski definition) is 5. The van der Waals surface area contributed by atoms with Crippen molar-refractivity contribution in [1.29, 1.82) is 0 Å². The Bertz CT molecular complexity index is 992. The number of likely N-dealkylation sites (tertiary alicyclic amines) is 1. The smallest absolute Gasteiger partial charge is 0.259 e. The van der Waals surface area contributed by atoms with E-state index >= 15 is 0 Å². The zero-order chi connectivity index (χ0) is 20.4. The number of ether oxygens (including phenoxy) is 1. The molecule has 0 unspecified atom stereocenters. The van der Waals surface area contributed by atoms with Crippen molar-refractivity contribution in [3.63, 3.8) is 0 Å². The summed E-state index contributed by atoms with van der Waals surface area (Å²) in [5.74, 6) is -0.626. The maximum Gasteiger partial charge on any atom is 0.259 e. The highest BCUT2D eigenvalue weighted by molar-refractivity contribution is 5.94. The highest BCUT2D eigenvalue weighted by atomic mass is 19.1. The number of methoxy groups -OCH3 is 1. The van der Waals surface area contributed by atoms with Crippen molar-refractivity contribution < 1.29 is 22.8 Å². The van der Waals surface area contributed by atoms with Crippen molar-refractivity contribution in [1.82, 2.24) is 15.0 Å². The fraction of sp³-hybridized carbons (Fsp3) is 0.286. The maximum absolute atomic E-state index is 13.9. The first-order chi connectivity index (χ1) is 14.1. The molecule has 0 N–H and O–H groups in total. The molecular weight excluding hydrogens is 380 g/mol. The lowest BCUT2D eigenvalue weighted by Gasteiger charge is -2.30. The SMILES string of the molecule is COc1ccc(-c2noc(C3CCN(C(=O)c4c(F)cccc4F)CC3)n2)cc1. The maximum atomic E-state index is 13.9. The van der Waals surface area contributed by atoms with Crippen LogP contribution in [0.5, 0.6) is 5.75 Å². The van der Waals surface area contributed by atoms with Crippen LogP contribution in [0.25, 0.3) is 11.4 Å². The van der Waals surface area contributed by atoms with Gasteiger partial charge in [0.2, 0.25) is 11.7 Å². The van der Waals surface area contributed by atoms with Crippen molar-refractivity contribution >= 4 is 5.91 Å². The Hall–Kier alpha value is -3.29. The Balaban J connectivity index is 1.42. The first-order valence-corrected chi connectivity index (χ1v) is 9.28. The van der Waals surface area contributed by atoms with Crippen LogP contribution < -0.4 is 4.74 Å². The number of hydrogen-bond donors (Lipinski definition) is 0. The lowest BCUT2D eigenvalue weighted by molar-refractivity contribution is 0.0694. The number of piperidine rings is 1. The molecule has 29 heavy (non-hydrogen) atoms. The second-order valence-electron chi connectivity index (χ2n) is 6.85. The molecule has 8 heteroatoms. The van der Waals surface area contributed by atoms with E-state index in [0.717, 1.165) is 23.4 Å². The summed E-state index contributed by atoms with van der Waals surface area (Å²) < 4.78 is 38.3. The number of nitrogens with zero attached hydrogens (tertiary/aromatic N) is 3. The first-order valence-electron chi connectivity index (χ1n) is 9.28. The second-order valence-corrected chi connectivity index (χ2v) is 6.85. The molecule has 6 nitrogen and oxygen atoms in total. The van der Waals surface area contributed by atoms with E-state index in [2.05, 4.69) is 10.1 Å². The van der Waals surface area contributed by atoms with Crippen LogP contribution in [-0.2, 0) is 0 Å². The fourth-order valence-corrected chi connectivity index (χ4v) is 3.45. The molecule has 1 aliphatic rings. The van der Waals surface area contributed by atoms with Crippen molar-refractivity contribution in [2.24, 2.45) is 0 Å². The highest BCUT2D eigenvalue weighted by Crippen LogP contribution is 2.30. The van der Waals surface area contributed by atoms with Gasteiger partial charge in [0.15, 0.2) is 0 Å². The van der Waals surface area contributed by atoms with E-state index in [-0.39, 0.29) is 5.92 Å². The summed E-state index contributed by atoms with van der Waals surface area (Å²) >= 11 is 0. The van der Waals surface area contributed by atoms with Crippen molar-refractivity contribution in [2.45, 2.75) is 18.8 Å². The van der Waals surface area contributed by atoms with Gasteiger partial charge in [0.25, 0.3) is 5.91 Å². The van der Waals surface area contributed by atoms with Gasteiger partial charge in [-0.05, 0) is 49.2 Å². The van der Waals surface area contributed by atoms with E-state index in [9.17, 15) is 13.6 Å². The predicted octanol–water partition coefficient (Wildman–Crippen LogP) is 4.04. The van der Waals surface area contributed by atoms with E-state index in [1.807, 2.05) is 24.3 Å². The van der Waals surface area contributed by atoms with Gasteiger partial charge in [-0.15, -0.1) is 0 Å². The van der Waals surface area contributed by atoms with Crippen LogP contribution >= 0.6 is 0 Å². The molecule has 1 aliphatic heterocycles. The molecule has 1 saturated heterocycles. The summed E-state index contributed by atoms with van der Waals surface area (Å²) in [4.78, 5) is 18.4. The number of halogens is 2. The van der Waals surface area contributed by atoms with Gasteiger partial charge in [-0.2, -0.15) is 4.98 Å². The van der Waals surface area contributed by atoms with E-state index in [1.54, 1.807) is 7.11 Å². The minimum absolute atomic E-state index is 0.0102. The number of amides is 1. The third kappa shape index (κ3) is 3.83. The van der Waals surface area contributed by atoms with E-state index < -0.39 is 23.1 Å². The Kier molecular flexibility index (Phi) is 5.24. The monoisotopic (exact) mass is 399 g/mol. The van der Waals surface area contributed by atoms with Gasteiger partial charge in [-0.3, -0.25) is 4.79 Å². The Morgan fingerprint density at radius 1 is 1.10 bits per heavy atom. The normalized spacial score (nSPS) is 14.8. The molecule has 1 aromatic heterocycles. The third-order valence-electron chi connectivity index (χ3n) is 5.10. The highest BCUT2D eigenvalue weighted by Gasteiger charge is 2.30. The zero-order valence-electron chi connectivity index (χ0n) is 15.8. The lowest BCUT2D eigenvalue weighted by atomic mass is 9.96. The average molecular weight is 399 g/mol. The Morgan fingerprint density at radius 3 is 2.38 bits per heavy atom. The molecule has 150 valence electrons. The van der Waals surface area contributed by atoms with Crippen LogP contribution in [0, 0.1) is 11.6 Å². The van der Waals surface area contributed by atoms with Crippen LogP contribution in [0.4, 0.5) is 8.78 Å². The summed E-state index contributed by atoms with van der Waals surface area (Å²) in [6, 6.07) is 10.7. The number of carbonyl (C=O) groups excluding carboxylic acids is 1. The molecule has 0 atom stereocenters. The molecule has 4 rings (SSSR count). The van der Waals surface area contributed by atoms with Crippen LogP contribution in [-0.4, -0.2) is 41.1 Å². The minimum atomic E-state index is -0.849. The summed E-state index contributed by atoms with van der Waals surface area (Å²) in [6.45, 7) is 0.717. The first kappa shape index (κ1) is 19.0. The van der Waals surface area contributed by atoms with Crippen LogP contribution in [0.2, 0.25) is 0 Å². The Labute approximate surface area is 166 Å². The summed E-state index contributed by atoms with van der Waals surface area (Å²) in [5.41, 5.74) is 0.300. The van der Waals surface area contributed by atoms with E-state index in [1.165, 1.54) is 11.0 Å². The molecule has 1 amide bonds. The van der Waals surface area contributed by atoms with Gasteiger partial charge in [0, 0.05) is 24.6 Å². The standard InChI is InChI=1S/C21H19F2N3O3/c1-28-15-7-5-13(6-8-15)19-24-20(29-25-19)14-9-11-26(12-10-14)21(27)18-16(22)3-2-4-17(18)23/h2-8,14H,9-12H2,1H3. The zero-order valence-corrected chi connectivity index (χ0v) is 15.8. The van der Waals surface area contributed by atoms with E-state index in [4.69, 9.17) is 9.26 Å². The average Bonchev–Trinajstić information content (AvgIpc) is 3.24. The summed E-state index contributed by atoms with van der Waals surface area (Å²) in [6.07, 6.45) is 1.15. The second kappa shape index (κ2) is 7.98. The molecule has 2 heterocycles. The summed E-state index contributed by atoms with van der Waals surface area (Å²) in [7, 11) is 1.60. The number of rotatable bonds is 4. The van der Waals surface area contributed by atoms with Gasteiger partial charge < -0.3 is 14.2 Å². The molecule has 3 aromatic rings. The van der Waals surface area contributed by atoms with Crippen LogP contribution in [0.15, 0.2) is 47.0 Å². The van der Waals surface area contributed by atoms with Gasteiger partial charge in [0.1, 0.15) is 22.9 Å². The molecular formula is C21H19F2N3O3.